The number of alkyl halides is 3. The monoisotopic (exact) mass is 318 g/mol. The zero-order chi connectivity index (χ0) is 15.5. The highest BCUT2D eigenvalue weighted by atomic mass is 32.2. The van der Waals surface area contributed by atoms with Gasteiger partial charge in [0.15, 0.2) is 0 Å². The van der Waals surface area contributed by atoms with Crippen LogP contribution in [0, 0.1) is 0 Å². The number of hydrogen-bond acceptors (Lipinski definition) is 3. The lowest BCUT2D eigenvalue weighted by Crippen LogP contribution is -2.23. The Hall–Kier alpha value is -0.880. The third-order valence-electron chi connectivity index (χ3n) is 3.63. The maximum absolute atomic E-state index is 13.2. The first-order valence-electron chi connectivity index (χ1n) is 7.05. The van der Waals surface area contributed by atoms with Crippen LogP contribution in [-0.4, -0.2) is 31.6 Å². The van der Waals surface area contributed by atoms with Gasteiger partial charge in [0.1, 0.15) is 0 Å². The predicted molar refractivity (Wildman–Crippen MR) is 83.0 cm³/mol. The quantitative estimate of drug-likeness (QED) is 0.824. The third-order valence-corrected chi connectivity index (χ3v) is 4.22. The molecule has 2 rings (SSSR count). The number of benzene rings is 1. The molecule has 118 valence electrons. The minimum Gasteiger partial charge on any atom is -0.374 e. The summed E-state index contributed by atoms with van der Waals surface area (Å²) in [7, 11) is 1.83. The van der Waals surface area contributed by atoms with Crippen LogP contribution >= 0.6 is 11.8 Å². The molecule has 0 saturated heterocycles. The molecule has 1 aromatic rings. The smallest absolute Gasteiger partial charge is 0.374 e. The van der Waals surface area contributed by atoms with Gasteiger partial charge in [-0.15, -0.1) is 0 Å². The average molecular weight is 318 g/mol. The van der Waals surface area contributed by atoms with Gasteiger partial charge in [-0.2, -0.15) is 24.9 Å². The molecule has 1 aliphatic carbocycles. The summed E-state index contributed by atoms with van der Waals surface area (Å²) in [5.74, 6) is 0.892. The van der Waals surface area contributed by atoms with Crippen molar-refractivity contribution in [3.8, 4) is 0 Å². The lowest BCUT2D eigenvalue weighted by Gasteiger charge is -2.22. The van der Waals surface area contributed by atoms with Crippen LogP contribution in [0.25, 0.3) is 0 Å². The summed E-state index contributed by atoms with van der Waals surface area (Å²) in [6.07, 6.45) is -0.188. The molecule has 1 N–H and O–H groups in total. The number of rotatable bonds is 7. The Balaban J connectivity index is 2.17. The van der Waals surface area contributed by atoms with Gasteiger partial charge in [0.25, 0.3) is 0 Å². The standard InChI is InChI=1S/C15H21F3N2S/c1-20(7-8-21-2)13-6-3-11(10-19-12-4-5-12)14(9-13)15(16,17)18/h3,6,9,12,19H,4-5,7-8,10H2,1-2H3. The van der Waals surface area contributed by atoms with E-state index in [-0.39, 0.29) is 6.54 Å². The number of anilines is 1. The summed E-state index contributed by atoms with van der Waals surface area (Å²) in [6, 6.07) is 5.04. The fourth-order valence-electron chi connectivity index (χ4n) is 2.12. The summed E-state index contributed by atoms with van der Waals surface area (Å²) in [5.41, 5.74) is 0.423. The minimum absolute atomic E-state index is 0.286. The van der Waals surface area contributed by atoms with Crippen molar-refractivity contribution in [2.45, 2.75) is 31.6 Å². The summed E-state index contributed by atoms with van der Waals surface area (Å²) >= 11 is 1.68. The Bertz CT molecular complexity index is 472. The Morgan fingerprint density at radius 1 is 1.33 bits per heavy atom. The molecule has 0 aromatic heterocycles. The van der Waals surface area contributed by atoms with Crippen molar-refractivity contribution in [1.82, 2.24) is 5.32 Å². The zero-order valence-corrected chi connectivity index (χ0v) is 13.2. The van der Waals surface area contributed by atoms with Crippen LogP contribution in [0.4, 0.5) is 18.9 Å². The highest BCUT2D eigenvalue weighted by molar-refractivity contribution is 7.98. The average Bonchev–Trinajstić information content (AvgIpc) is 3.25. The summed E-state index contributed by atoms with van der Waals surface area (Å²) < 4.78 is 39.7. The van der Waals surface area contributed by atoms with Crippen molar-refractivity contribution in [3.63, 3.8) is 0 Å². The topological polar surface area (TPSA) is 15.3 Å². The van der Waals surface area contributed by atoms with Crippen LogP contribution in [0.5, 0.6) is 0 Å². The van der Waals surface area contributed by atoms with Gasteiger partial charge in [0, 0.05) is 37.6 Å². The number of halogens is 3. The molecule has 1 aromatic carbocycles. The highest BCUT2D eigenvalue weighted by Crippen LogP contribution is 2.35. The Morgan fingerprint density at radius 3 is 2.62 bits per heavy atom. The molecule has 0 heterocycles. The van der Waals surface area contributed by atoms with Crippen LogP contribution in [0.15, 0.2) is 18.2 Å². The second kappa shape index (κ2) is 6.92. The molecule has 1 fully saturated rings. The molecule has 6 heteroatoms. The predicted octanol–water partition coefficient (Wildman–Crippen LogP) is 3.76. The van der Waals surface area contributed by atoms with Crippen molar-refractivity contribution in [3.05, 3.63) is 29.3 Å². The molecule has 1 aliphatic rings. The third kappa shape index (κ3) is 4.81. The SMILES string of the molecule is CSCCN(C)c1ccc(CNC2CC2)c(C(F)(F)F)c1. The number of thioether (sulfide) groups is 1. The first kappa shape index (κ1) is 16.5. The van der Waals surface area contributed by atoms with Gasteiger partial charge in [0.05, 0.1) is 5.56 Å². The van der Waals surface area contributed by atoms with Gasteiger partial charge in [-0.3, -0.25) is 0 Å². The van der Waals surface area contributed by atoms with Gasteiger partial charge in [0.2, 0.25) is 0 Å². The van der Waals surface area contributed by atoms with Crippen molar-refractivity contribution in [2.75, 3.05) is 30.5 Å². The van der Waals surface area contributed by atoms with E-state index in [1.807, 2.05) is 18.2 Å². The molecule has 1 saturated carbocycles. The normalized spacial score (nSPS) is 15.3. The lowest BCUT2D eigenvalue weighted by molar-refractivity contribution is -0.138. The van der Waals surface area contributed by atoms with Gasteiger partial charge >= 0.3 is 6.18 Å². The zero-order valence-electron chi connectivity index (χ0n) is 12.3. The van der Waals surface area contributed by atoms with Crippen molar-refractivity contribution in [2.24, 2.45) is 0 Å². The molecule has 0 aliphatic heterocycles. The van der Waals surface area contributed by atoms with E-state index in [4.69, 9.17) is 0 Å². The van der Waals surface area contributed by atoms with Crippen molar-refractivity contribution >= 4 is 17.4 Å². The van der Waals surface area contributed by atoms with Gasteiger partial charge in [-0.05, 0) is 36.8 Å². The summed E-state index contributed by atoms with van der Waals surface area (Å²) in [5, 5.41) is 3.15. The second-order valence-corrected chi connectivity index (χ2v) is 6.39. The highest BCUT2D eigenvalue weighted by Gasteiger charge is 2.34. The van der Waals surface area contributed by atoms with E-state index in [0.29, 0.717) is 17.3 Å². The van der Waals surface area contributed by atoms with E-state index in [1.54, 1.807) is 23.9 Å². The van der Waals surface area contributed by atoms with Gasteiger partial charge in [-0.1, -0.05) is 6.07 Å². The molecule has 0 spiro atoms. The van der Waals surface area contributed by atoms with E-state index in [1.165, 1.54) is 6.07 Å². The number of hydrogen-bond donors (Lipinski definition) is 1. The van der Waals surface area contributed by atoms with E-state index in [2.05, 4.69) is 5.32 Å². The van der Waals surface area contributed by atoms with Gasteiger partial charge < -0.3 is 10.2 Å². The van der Waals surface area contributed by atoms with Crippen LogP contribution < -0.4 is 10.2 Å². The molecule has 0 bridgehead atoms. The van der Waals surface area contributed by atoms with Crippen LogP contribution in [-0.2, 0) is 12.7 Å². The van der Waals surface area contributed by atoms with E-state index in [9.17, 15) is 13.2 Å². The van der Waals surface area contributed by atoms with E-state index in [0.717, 1.165) is 25.1 Å². The molecular weight excluding hydrogens is 297 g/mol. The van der Waals surface area contributed by atoms with Gasteiger partial charge in [-0.25, -0.2) is 0 Å². The summed E-state index contributed by atoms with van der Waals surface area (Å²) in [6.45, 7) is 1.02. The molecule has 0 radical (unpaired) electrons. The number of nitrogens with zero attached hydrogens (tertiary/aromatic N) is 1. The van der Waals surface area contributed by atoms with Crippen LogP contribution in [0.3, 0.4) is 0 Å². The van der Waals surface area contributed by atoms with Crippen LogP contribution in [0.2, 0.25) is 0 Å². The fourth-order valence-corrected chi connectivity index (χ4v) is 2.58. The Kier molecular flexibility index (Phi) is 5.43. The maximum atomic E-state index is 13.2. The Morgan fingerprint density at radius 2 is 2.05 bits per heavy atom. The lowest BCUT2D eigenvalue weighted by atomic mass is 10.1. The van der Waals surface area contributed by atoms with Crippen molar-refractivity contribution in [1.29, 1.82) is 0 Å². The number of nitrogens with one attached hydrogen (secondary N) is 1. The largest absolute Gasteiger partial charge is 0.416 e. The molecular formula is C15H21F3N2S. The maximum Gasteiger partial charge on any atom is 0.416 e. The minimum atomic E-state index is -4.31. The second-order valence-electron chi connectivity index (χ2n) is 5.41. The molecule has 2 nitrogen and oxygen atoms in total. The molecule has 0 atom stereocenters. The Labute approximate surface area is 128 Å². The fraction of sp³-hybridized carbons (Fsp3) is 0.600. The molecule has 0 unspecified atom stereocenters. The van der Waals surface area contributed by atoms with Crippen molar-refractivity contribution < 1.29 is 13.2 Å². The summed E-state index contributed by atoms with van der Waals surface area (Å²) in [4.78, 5) is 1.86. The first-order valence-corrected chi connectivity index (χ1v) is 8.45. The van der Waals surface area contributed by atoms with E-state index >= 15 is 0 Å². The van der Waals surface area contributed by atoms with E-state index < -0.39 is 11.7 Å². The molecule has 0 amide bonds. The van der Waals surface area contributed by atoms with Crippen LogP contribution in [0.1, 0.15) is 24.0 Å². The first-order chi connectivity index (χ1) is 9.91. The molecule has 21 heavy (non-hydrogen) atoms.